The van der Waals surface area contributed by atoms with E-state index in [1.165, 1.54) is 0 Å². The number of carbonyl (C=O) groups excluding carboxylic acids is 1. The van der Waals surface area contributed by atoms with Crippen molar-refractivity contribution in [1.82, 2.24) is 15.1 Å². The number of aromatic nitrogens is 2. The zero-order valence-electron chi connectivity index (χ0n) is 19.7. The second-order valence-electron chi connectivity index (χ2n) is 8.31. The molecule has 0 bridgehead atoms. The van der Waals surface area contributed by atoms with Gasteiger partial charge in [0.2, 0.25) is 0 Å². The smallest absolute Gasteiger partial charge is 0.262 e. The molecule has 1 amide bonds. The van der Waals surface area contributed by atoms with E-state index in [0.29, 0.717) is 31.0 Å². The molecule has 1 fully saturated rings. The molecule has 1 aromatic heterocycles. The van der Waals surface area contributed by atoms with Gasteiger partial charge in [-0.2, -0.15) is 10.4 Å². The summed E-state index contributed by atoms with van der Waals surface area (Å²) in [5.41, 5.74) is 4.01. The third-order valence-corrected chi connectivity index (χ3v) is 5.75. The third-order valence-electron chi connectivity index (χ3n) is 5.75. The summed E-state index contributed by atoms with van der Waals surface area (Å²) in [6.45, 7) is 7.17. The number of benzene rings is 2. The van der Waals surface area contributed by atoms with Crippen LogP contribution in [0.15, 0.2) is 73.0 Å². The maximum Gasteiger partial charge on any atom is 0.262 e. The summed E-state index contributed by atoms with van der Waals surface area (Å²) >= 11 is 0. The third kappa shape index (κ3) is 5.86. The molecule has 0 radical (unpaired) electrons. The summed E-state index contributed by atoms with van der Waals surface area (Å²) in [4.78, 5) is 12.7. The Morgan fingerprint density at radius 1 is 1.34 bits per heavy atom. The summed E-state index contributed by atoms with van der Waals surface area (Å²) < 4.78 is 13.0. The first kappa shape index (κ1) is 24.0. The summed E-state index contributed by atoms with van der Waals surface area (Å²) in [5, 5.41) is 17.4. The number of amides is 1. The van der Waals surface area contributed by atoms with Crippen LogP contribution in [0.4, 0.5) is 0 Å². The van der Waals surface area contributed by atoms with Crippen molar-refractivity contribution in [2.75, 3.05) is 19.8 Å². The standard InChI is InChI=1S/C28H28N4O3/c1-3-13-35-26-12-11-21(15-20(26)2)27-23(19-32(31-27)24-8-5-4-6-9-24)16-22(17-29)28(33)30-18-25-10-7-14-34-25/h3-6,8-9,11-12,15-16,19,25H,1,7,10,13-14,18H2,2H3,(H,30,33)/b22-16-. The molecule has 7 nitrogen and oxygen atoms in total. The molecule has 4 rings (SSSR count). The van der Waals surface area contributed by atoms with Crippen LogP contribution in [0, 0.1) is 18.3 Å². The Labute approximate surface area is 205 Å². The molecule has 178 valence electrons. The highest BCUT2D eigenvalue weighted by molar-refractivity contribution is 6.02. The summed E-state index contributed by atoms with van der Waals surface area (Å²) in [7, 11) is 0. The number of nitrogens with zero attached hydrogens (tertiary/aromatic N) is 3. The number of ether oxygens (including phenoxy) is 2. The monoisotopic (exact) mass is 468 g/mol. The summed E-state index contributed by atoms with van der Waals surface area (Å²) in [6, 6.07) is 17.5. The van der Waals surface area contributed by atoms with Crippen LogP contribution in [0.1, 0.15) is 24.0 Å². The minimum absolute atomic E-state index is 0.0000767. The van der Waals surface area contributed by atoms with Gasteiger partial charge in [-0.15, -0.1) is 0 Å². The van der Waals surface area contributed by atoms with Gasteiger partial charge in [-0.05, 0) is 61.7 Å². The van der Waals surface area contributed by atoms with Crippen LogP contribution >= 0.6 is 0 Å². The molecule has 0 saturated carbocycles. The van der Waals surface area contributed by atoms with Crippen molar-refractivity contribution in [2.45, 2.75) is 25.9 Å². The molecule has 0 aliphatic carbocycles. The van der Waals surface area contributed by atoms with Crippen molar-refractivity contribution in [3.8, 4) is 28.8 Å². The maximum absolute atomic E-state index is 12.7. The van der Waals surface area contributed by atoms with Crippen molar-refractivity contribution >= 4 is 12.0 Å². The zero-order valence-corrected chi connectivity index (χ0v) is 19.7. The van der Waals surface area contributed by atoms with Gasteiger partial charge in [0.05, 0.1) is 11.8 Å². The van der Waals surface area contributed by atoms with Crippen LogP contribution in [-0.4, -0.2) is 41.6 Å². The zero-order chi connectivity index (χ0) is 24.6. The molecule has 1 atom stereocenters. The number of carbonyl (C=O) groups is 1. The molecule has 1 aliphatic heterocycles. The van der Waals surface area contributed by atoms with Crippen LogP contribution in [-0.2, 0) is 9.53 Å². The van der Waals surface area contributed by atoms with Gasteiger partial charge in [0.1, 0.15) is 29.7 Å². The molecule has 0 spiro atoms. The van der Waals surface area contributed by atoms with Crippen LogP contribution in [0.2, 0.25) is 0 Å². The lowest BCUT2D eigenvalue weighted by molar-refractivity contribution is -0.117. The van der Waals surface area contributed by atoms with Crippen molar-refractivity contribution in [3.05, 3.63) is 84.1 Å². The molecular weight excluding hydrogens is 440 g/mol. The van der Waals surface area contributed by atoms with Crippen LogP contribution in [0.5, 0.6) is 5.75 Å². The number of hydrogen-bond donors (Lipinski definition) is 1. The van der Waals surface area contributed by atoms with E-state index >= 15 is 0 Å². The van der Waals surface area contributed by atoms with Crippen LogP contribution in [0.25, 0.3) is 23.0 Å². The summed E-state index contributed by atoms with van der Waals surface area (Å²) in [5.74, 6) is 0.338. The average Bonchev–Trinajstić information content (AvgIpc) is 3.56. The van der Waals surface area contributed by atoms with Crippen molar-refractivity contribution in [3.63, 3.8) is 0 Å². The van der Waals surface area contributed by atoms with Crippen molar-refractivity contribution < 1.29 is 14.3 Å². The van der Waals surface area contributed by atoms with E-state index in [0.717, 1.165) is 35.4 Å². The van der Waals surface area contributed by atoms with Gasteiger partial charge in [-0.1, -0.05) is 30.9 Å². The molecule has 2 aromatic carbocycles. The molecule has 2 heterocycles. The molecule has 3 aromatic rings. The molecule has 35 heavy (non-hydrogen) atoms. The largest absolute Gasteiger partial charge is 0.489 e. The normalized spacial score (nSPS) is 15.4. The van der Waals surface area contributed by atoms with E-state index in [1.54, 1.807) is 16.8 Å². The molecule has 1 N–H and O–H groups in total. The van der Waals surface area contributed by atoms with Crippen LogP contribution < -0.4 is 10.1 Å². The van der Waals surface area contributed by atoms with E-state index in [1.807, 2.05) is 67.7 Å². The first-order valence-electron chi connectivity index (χ1n) is 11.6. The number of rotatable bonds is 9. The Hall–Kier alpha value is -4.15. The number of nitriles is 1. The molecule has 1 saturated heterocycles. The highest BCUT2D eigenvalue weighted by Crippen LogP contribution is 2.30. The molecule has 7 heteroatoms. The van der Waals surface area contributed by atoms with Gasteiger partial charge >= 0.3 is 0 Å². The Balaban J connectivity index is 1.68. The highest BCUT2D eigenvalue weighted by Gasteiger charge is 2.19. The fourth-order valence-electron chi connectivity index (χ4n) is 3.95. The molecule has 1 aliphatic rings. The van der Waals surface area contributed by atoms with Crippen molar-refractivity contribution in [2.24, 2.45) is 0 Å². The lowest BCUT2D eigenvalue weighted by Gasteiger charge is -2.10. The Bertz CT molecular complexity index is 1270. The SMILES string of the molecule is C=CCOc1ccc(-c2nn(-c3ccccc3)cc2/C=C(/C#N)C(=O)NCC2CCCO2)cc1C. The van der Waals surface area contributed by atoms with Gasteiger partial charge in [0, 0.05) is 30.5 Å². The van der Waals surface area contributed by atoms with Gasteiger partial charge in [0.15, 0.2) is 0 Å². The lowest BCUT2D eigenvalue weighted by atomic mass is 10.0. The van der Waals surface area contributed by atoms with E-state index in [2.05, 4.69) is 11.9 Å². The minimum atomic E-state index is -0.425. The lowest BCUT2D eigenvalue weighted by Crippen LogP contribution is -2.32. The molecule has 1 unspecified atom stereocenters. The first-order chi connectivity index (χ1) is 17.1. The van der Waals surface area contributed by atoms with Crippen molar-refractivity contribution in [1.29, 1.82) is 5.26 Å². The van der Waals surface area contributed by atoms with Gasteiger partial charge in [-0.3, -0.25) is 4.79 Å². The fraction of sp³-hybridized carbons (Fsp3) is 0.250. The number of hydrogen-bond acceptors (Lipinski definition) is 5. The Morgan fingerprint density at radius 2 is 2.17 bits per heavy atom. The topological polar surface area (TPSA) is 89.2 Å². The second-order valence-corrected chi connectivity index (χ2v) is 8.31. The molecular formula is C28H28N4O3. The average molecular weight is 469 g/mol. The first-order valence-corrected chi connectivity index (χ1v) is 11.6. The predicted octanol–water partition coefficient (Wildman–Crippen LogP) is 4.61. The van der Waals surface area contributed by atoms with E-state index in [9.17, 15) is 10.1 Å². The van der Waals surface area contributed by atoms with E-state index in [4.69, 9.17) is 14.6 Å². The summed E-state index contributed by atoms with van der Waals surface area (Å²) in [6.07, 6.45) is 7.01. The van der Waals surface area contributed by atoms with Gasteiger partial charge in [0.25, 0.3) is 5.91 Å². The second kappa shape index (κ2) is 11.3. The van der Waals surface area contributed by atoms with E-state index < -0.39 is 5.91 Å². The maximum atomic E-state index is 12.7. The van der Waals surface area contributed by atoms with Gasteiger partial charge < -0.3 is 14.8 Å². The predicted molar refractivity (Wildman–Crippen MR) is 135 cm³/mol. The quantitative estimate of drug-likeness (QED) is 0.281. The number of para-hydroxylation sites is 1. The highest BCUT2D eigenvalue weighted by atomic mass is 16.5. The Kier molecular flexibility index (Phi) is 7.76. The number of aryl methyl sites for hydroxylation is 1. The minimum Gasteiger partial charge on any atom is -0.489 e. The van der Waals surface area contributed by atoms with E-state index in [-0.39, 0.29) is 11.7 Å². The number of nitrogens with one attached hydrogen (secondary N) is 1. The fourth-order valence-corrected chi connectivity index (χ4v) is 3.95. The van der Waals surface area contributed by atoms with Gasteiger partial charge in [-0.25, -0.2) is 4.68 Å². The van der Waals surface area contributed by atoms with Crippen LogP contribution in [0.3, 0.4) is 0 Å². The Morgan fingerprint density at radius 3 is 2.86 bits per heavy atom.